The van der Waals surface area contributed by atoms with Gasteiger partial charge in [-0.1, -0.05) is 58.3 Å². The molecule has 0 amide bonds. The lowest BCUT2D eigenvalue weighted by molar-refractivity contribution is 0.470. The summed E-state index contributed by atoms with van der Waals surface area (Å²) in [6.45, 7) is 2.27. The Morgan fingerprint density at radius 2 is 1.74 bits per heavy atom. The van der Waals surface area contributed by atoms with Crippen molar-refractivity contribution in [2.24, 2.45) is 7.05 Å². The summed E-state index contributed by atoms with van der Waals surface area (Å²) in [5.74, 6) is 0. The van der Waals surface area contributed by atoms with Gasteiger partial charge in [-0.3, -0.25) is 4.68 Å². The molecule has 110 valence electrons. The van der Waals surface area contributed by atoms with E-state index in [0.29, 0.717) is 6.04 Å². The van der Waals surface area contributed by atoms with Crippen LogP contribution < -0.4 is 5.32 Å². The van der Waals surface area contributed by atoms with E-state index >= 15 is 0 Å². The molecule has 0 aliphatic rings. The summed E-state index contributed by atoms with van der Waals surface area (Å²) in [7, 11) is 4.07. The Morgan fingerprint density at radius 1 is 1.11 bits per heavy atom. The van der Waals surface area contributed by atoms with Crippen LogP contribution in [0.1, 0.15) is 76.4 Å². The molecule has 1 unspecified atom stereocenters. The van der Waals surface area contributed by atoms with Crippen molar-refractivity contribution in [1.29, 1.82) is 0 Å². The molecule has 0 spiro atoms. The number of unbranched alkanes of at least 4 members (excludes halogenated alkanes) is 7. The van der Waals surface area contributed by atoms with Gasteiger partial charge >= 0.3 is 0 Å². The molecule has 1 rings (SSSR count). The quantitative estimate of drug-likeness (QED) is 0.607. The number of hydrogen-bond donors (Lipinski definition) is 1. The Morgan fingerprint density at radius 3 is 2.26 bits per heavy atom. The van der Waals surface area contributed by atoms with Gasteiger partial charge in [0.15, 0.2) is 0 Å². The molecule has 1 heterocycles. The number of nitrogens with zero attached hydrogens (tertiary/aromatic N) is 2. The third-order valence-electron chi connectivity index (χ3n) is 3.91. The van der Waals surface area contributed by atoms with E-state index in [4.69, 9.17) is 0 Å². The van der Waals surface area contributed by atoms with Gasteiger partial charge in [-0.05, 0) is 19.5 Å². The van der Waals surface area contributed by atoms with E-state index < -0.39 is 0 Å². The highest BCUT2D eigenvalue weighted by Gasteiger charge is 2.11. The normalized spacial score (nSPS) is 12.8. The molecule has 1 atom stereocenters. The molecule has 3 heteroatoms. The first-order valence-electron chi connectivity index (χ1n) is 7.94. The van der Waals surface area contributed by atoms with Crippen LogP contribution in [-0.4, -0.2) is 16.8 Å². The lowest BCUT2D eigenvalue weighted by Gasteiger charge is -2.16. The average molecular weight is 265 g/mol. The Bertz CT molecular complexity index is 320. The second kappa shape index (κ2) is 10.0. The summed E-state index contributed by atoms with van der Waals surface area (Å²) in [4.78, 5) is 0. The molecular formula is C16H31N3. The van der Waals surface area contributed by atoms with Gasteiger partial charge in [0.2, 0.25) is 0 Å². The van der Waals surface area contributed by atoms with Gasteiger partial charge < -0.3 is 5.32 Å². The Labute approximate surface area is 118 Å². The highest BCUT2D eigenvalue weighted by Crippen LogP contribution is 2.19. The van der Waals surface area contributed by atoms with E-state index in [1.54, 1.807) is 0 Å². The topological polar surface area (TPSA) is 29.9 Å². The summed E-state index contributed by atoms with van der Waals surface area (Å²) in [5.41, 5.74) is 1.30. The van der Waals surface area contributed by atoms with Gasteiger partial charge in [0.1, 0.15) is 0 Å². The van der Waals surface area contributed by atoms with Crippen LogP contribution in [0.5, 0.6) is 0 Å². The van der Waals surface area contributed by atoms with Gasteiger partial charge in [-0.2, -0.15) is 5.10 Å². The number of hydrogen-bond acceptors (Lipinski definition) is 2. The predicted molar refractivity (Wildman–Crippen MR) is 82.2 cm³/mol. The third kappa shape index (κ3) is 6.24. The maximum atomic E-state index is 4.25. The first kappa shape index (κ1) is 16.2. The van der Waals surface area contributed by atoms with Crippen LogP contribution >= 0.6 is 0 Å². The Kier molecular flexibility index (Phi) is 8.55. The van der Waals surface area contributed by atoms with E-state index in [0.717, 1.165) is 0 Å². The van der Waals surface area contributed by atoms with Crippen LogP contribution in [0.25, 0.3) is 0 Å². The molecule has 0 saturated heterocycles. The lowest BCUT2D eigenvalue weighted by Crippen LogP contribution is -2.19. The maximum Gasteiger partial charge on any atom is 0.0550 e. The molecule has 0 aliphatic carbocycles. The maximum absolute atomic E-state index is 4.25. The van der Waals surface area contributed by atoms with Crippen LogP contribution in [0.2, 0.25) is 0 Å². The number of aryl methyl sites for hydroxylation is 1. The van der Waals surface area contributed by atoms with Crippen molar-refractivity contribution in [2.75, 3.05) is 7.05 Å². The zero-order chi connectivity index (χ0) is 13.9. The van der Waals surface area contributed by atoms with Crippen molar-refractivity contribution in [2.45, 2.75) is 70.8 Å². The first-order valence-corrected chi connectivity index (χ1v) is 7.94. The SMILES string of the molecule is CCCCCCCCCCC(NC)c1ccnn1C. The van der Waals surface area contributed by atoms with Crippen molar-refractivity contribution in [3.05, 3.63) is 18.0 Å². The smallest absolute Gasteiger partial charge is 0.0550 e. The minimum absolute atomic E-state index is 0.451. The highest BCUT2D eigenvalue weighted by molar-refractivity contribution is 5.06. The van der Waals surface area contributed by atoms with Crippen molar-refractivity contribution in [3.63, 3.8) is 0 Å². The molecule has 1 aromatic rings. The van der Waals surface area contributed by atoms with E-state index in [2.05, 4.69) is 23.4 Å². The van der Waals surface area contributed by atoms with E-state index in [1.165, 1.54) is 63.5 Å². The zero-order valence-electron chi connectivity index (χ0n) is 13.0. The third-order valence-corrected chi connectivity index (χ3v) is 3.91. The van der Waals surface area contributed by atoms with Crippen molar-refractivity contribution >= 4 is 0 Å². The predicted octanol–water partition coefficient (Wildman–Crippen LogP) is 4.21. The fourth-order valence-corrected chi connectivity index (χ4v) is 2.65. The van der Waals surface area contributed by atoms with Crippen molar-refractivity contribution in [3.8, 4) is 0 Å². The molecule has 1 aromatic heterocycles. The van der Waals surface area contributed by atoms with E-state index in [9.17, 15) is 0 Å². The molecule has 0 radical (unpaired) electrons. The molecule has 3 nitrogen and oxygen atoms in total. The molecular weight excluding hydrogens is 234 g/mol. The zero-order valence-corrected chi connectivity index (χ0v) is 13.0. The molecule has 0 fully saturated rings. The summed E-state index contributed by atoms with van der Waals surface area (Å²) in [6, 6.07) is 2.57. The van der Waals surface area contributed by atoms with Gasteiger partial charge in [0.05, 0.1) is 5.69 Å². The standard InChI is InChI=1S/C16H31N3/c1-4-5-6-7-8-9-10-11-12-15(17-2)16-13-14-18-19(16)3/h13-15,17H,4-12H2,1-3H3. The van der Waals surface area contributed by atoms with E-state index in [-0.39, 0.29) is 0 Å². The van der Waals surface area contributed by atoms with Gasteiger partial charge in [-0.25, -0.2) is 0 Å². The number of rotatable bonds is 11. The Balaban J connectivity index is 2.09. The van der Waals surface area contributed by atoms with E-state index in [1.807, 2.05) is 25.0 Å². The molecule has 0 saturated carbocycles. The Hall–Kier alpha value is -0.830. The van der Waals surface area contributed by atoms with Crippen LogP contribution in [0.3, 0.4) is 0 Å². The second-order valence-electron chi connectivity index (χ2n) is 5.48. The van der Waals surface area contributed by atoms with Gasteiger partial charge in [0, 0.05) is 19.3 Å². The minimum atomic E-state index is 0.451. The van der Waals surface area contributed by atoms with Crippen LogP contribution in [-0.2, 0) is 7.05 Å². The summed E-state index contributed by atoms with van der Waals surface area (Å²) < 4.78 is 1.98. The molecule has 0 aliphatic heterocycles. The lowest BCUT2D eigenvalue weighted by atomic mass is 10.0. The number of aromatic nitrogens is 2. The molecule has 19 heavy (non-hydrogen) atoms. The molecule has 1 N–H and O–H groups in total. The first-order chi connectivity index (χ1) is 9.29. The van der Waals surface area contributed by atoms with Gasteiger partial charge in [-0.15, -0.1) is 0 Å². The van der Waals surface area contributed by atoms with Crippen LogP contribution in [0.15, 0.2) is 12.3 Å². The van der Waals surface area contributed by atoms with Crippen molar-refractivity contribution < 1.29 is 0 Å². The summed E-state index contributed by atoms with van der Waals surface area (Å²) >= 11 is 0. The summed E-state index contributed by atoms with van der Waals surface area (Å²) in [5, 5.41) is 7.65. The minimum Gasteiger partial charge on any atom is -0.312 e. The highest BCUT2D eigenvalue weighted by atomic mass is 15.3. The monoisotopic (exact) mass is 265 g/mol. The molecule has 0 bridgehead atoms. The average Bonchev–Trinajstić information content (AvgIpc) is 2.83. The van der Waals surface area contributed by atoms with Gasteiger partial charge in [0.25, 0.3) is 0 Å². The van der Waals surface area contributed by atoms with Crippen LogP contribution in [0.4, 0.5) is 0 Å². The van der Waals surface area contributed by atoms with Crippen molar-refractivity contribution in [1.82, 2.24) is 15.1 Å². The van der Waals surface area contributed by atoms with Crippen LogP contribution in [0, 0.1) is 0 Å². The second-order valence-corrected chi connectivity index (χ2v) is 5.48. The largest absolute Gasteiger partial charge is 0.312 e. The summed E-state index contributed by atoms with van der Waals surface area (Å²) in [6.07, 6.45) is 14.2. The molecule has 0 aromatic carbocycles. The fourth-order valence-electron chi connectivity index (χ4n) is 2.65. The number of nitrogens with one attached hydrogen (secondary N) is 1. The fraction of sp³-hybridized carbons (Fsp3) is 0.812.